The zero-order chi connectivity index (χ0) is 8.32. The SMILES string of the molecule is CSCC[C@@H]1COC(C)(C)O1. The Morgan fingerprint density at radius 2 is 2.27 bits per heavy atom. The fourth-order valence-electron chi connectivity index (χ4n) is 1.15. The van der Waals surface area contributed by atoms with Gasteiger partial charge in [0.25, 0.3) is 0 Å². The minimum absolute atomic E-state index is 0.317. The van der Waals surface area contributed by atoms with Gasteiger partial charge in [0, 0.05) is 0 Å². The first-order valence-corrected chi connectivity index (χ1v) is 5.34. The normalized spacial score (nSPS) is 29.2. The van der Waals surface area contributed by atoms with Crippen molar-refractivity contribution in [2.45, 2.75) is 32.2 Å². The molecule has 2 nitrogen and oxygen atoms in total. The second-order valence-electron chi connectivity index (χ2n) is 3.23. The fourth-order valence-corrected chi connectivity index (χ4v) is 1.65. The Kier molecular flexibility index (Phi) is 3.22. The lowest BCUT2D eigenvalue weighted by molar-refractivity contribution is -0.138. The largest absolute Gasteiger partial charge is 0.348 e. The van der Waals surface area contributed by atoms with Crippen LogP contribution in [0, 0.1) is 0 Å². The summed E-state index contributed by atoms with van der Waals surface area (Å²) < 4.78 is 11.0. The molecule has 0 spiro atoms. The van der Waals surface area contributed by atoms with Crippen molar-refractivity contribution in [1.82, 2.24) is 0 Å². The number of hydrogen-bond donors (Lipinski definition) is 0. The van der Waals surface area contributed by atoms with Crippen LogP contribution in [0.4, 0.5) is 0 Å². The van der Waals surface area contributed by atoms with E-state index >= 15 is 0 Å². The summed E-state index contributed by atoms with van der Waals surface area (Å²) >= 11 is 1.85. The number of ether oxygens (including phenoxy) is 2. The molecule has 1 aliphatic heterocycles. The zero-order valence-corrected chi connectivity index (χ0v) is 8.24. The van der Waals surface area contributed by atoms with E-state index in [4.69, 9.17) is 9.47 Å². The molecule has 1 atom stereocenters. The van der Waals surface area contributed by atoms with E-state index in [9.17, 15) is 0 Å². The highest BCUT2D eigenvalue weighted by Crippen LogP contribution is 2.24. The lowest BCUT2D eigenvalue weighted by atomic mass is 10.3. The van der Waals surface area contributed by atoms with E-state index < -0.39 is 0 Å². The van der Waals surface area contributed by atoms with Gasteiger partial charge in [-0.05, 0) is 32.3 Å². The van der Waals surface area contributed by atoms with Crippen molar-refractivity contribution in [2.24, 2.45) is 0 Å². The van der Waals surface area contributed by atoms with E-state index in [-0.39, 0.29) is 5.79 Å². The summed E-state index contributed by atoms with van der Waals surface area (Å²) in [5.41, 5.74) is 0. The van der Waals surface area contributed by atoms with Crippen molar-refractivity contribution in [2.75, 3.05) is 18.6 Å². The van der Waals surface area contributed by atoms with Gasteiger partial charge in [-0.3, -0.25) is 0 Å². The Labute approximate surface area is 72.6 Å². The Bertz CT molecular complexity index is 125. The molecule has 1 fully saturated rings. The monoisotopic (exact) mass is 176 g/mol. The van der Waals surface area contributed by atoms with E-state index in [0.717, 1.165) is 18.8 Å². The van der Waals surface area contributed by atoms with Gasteiger partial charge in [-0.2, -0.15) is 11.8 Å². The van der Waals surface area contributed by atoms with Crippen LogP contribution in [-0.4, -0.2) is 30.5 Å². The first-order chi connectivity index (χ1) is 5.14. The summed E-state index contributed by atoms with van der Waals surface area (Å²) in [4.78, 5) is 0. The van der Waals surface area contributed by atoms with Gasteiger partial charge >= 0.3 is 0 Å². The molecular weight excluding hydrogens is 160 g/mol. The van der Waals surface area contributed by atoms with Gasteiger partial charge in [-0.1, -0.05) is 0 Å². The molecule has 66 valence electrons. The number of rotatable bonds is 3. The van der Waals surface area contributed by atoms with Crippen LogP contribution in [-0.2, 0) is 9.47 Å². The molecular formula is C8H16O2S. The first kappa shape index (κ1) is 9.36. The molecule has 0 saturated carbocycles. The summed E-state index contributed by atoms with van der Waals surface area (Å²) in [7, 11) is 0. The Hall–Kier alpha value is 0.270. The Morgan fingerprint density at radius 3 is 2.73 bits per heavy atom. The van der Waals surface area contributed by atoms with Crippen LogP contribution in [0.3, 0.4) is 0 Å². The van der Waals surface area contributed by atoms with Crippen LogP contribution in [0.2, 0.25) is 0 Å². The Morgan fingerprint density at radius 1 is 1.55 bits per heavy atom. The van der Waals surface area contributed by atoms with Crippen molar-refractivity contribution in [3.05, 3.63) is 0 Å². The van der Waals surface area contributed by atoms with Gasteiger partial charge < -0.3 is 9.47 Å². The van der Waals surface area contributed by atoms with Crippen molar-refractivity contribution < 1.29 is 9.47 Å². The van der Waals surface area contributed by atoms with Crippen molar-refractivity contribution in [1.29, 1.82) is 0 Å². The van der Waals surface area contributed by atoms with Crippen LogP contribution >= 0.6 is 11.8 Å². The van der Waals surface area contributed by atoms with Crippen molar-refractivity contribution >= 4 is 11.8 Å². The van der Waals surface area contributed by atoms with Crippen molar-refractivity contribution in [3.63, 3.8) is 0 Å². The van der Waals surface area contributed by atoms with Gasteiger partial charge in [-0.15, -0.1) is 0 Å². The van der Waals surface area contributed by atoms with E-state index in [1.807, 2.05) is 25.6 Å². The third-order valence-electron chi connectivity index (χ3n) is 1.71. The quantitative estimate of drug-likeness (QED) is 0.654. The summed E-state index contributed by atoms with van der Waals surface area (Å²) in [6, 6.07) is 0. The van der Waals surface area contributed by atoms with Crippen LogP contribution < -0.4 is 0 Å². The first-order valence-electron chi connectivity index (χ1n) is 3.95. The fraction of sp³-hybridized carbons (Fsp3) is 1.00. The predicted molar refractivity (Wildman–Crippen MR) is 47.9 cm³/mol. The Balaban J connectivity index is 2.20. The molecule has 0 aromatic rings. The summed E-state index contributed by atoms with van der Waals surface area (Å²) in [6.07, 6.45) is 3.53. The van der Waals surface area contributed by atoms with E-state index in [1.165, 1.54) is 0 Å². The molecule has 0 aromatic heterocycles. The van der Waals surface area contributed by atoms with Gasteiger partial charge in [0.2, 0.25) is 0 Å². The van der Waals surface area contributed by atoms with Crippen LogP contribution in [0.15, 0.2) is 0 Å². The molecule has 0 N–H and O–H groups in total. The second kappa shape index (κ2) is 3.78. The third-order valence-corrected chi connectivity index (χ3v) is 2.36. The minimum atomic E-state index is -0.344. The molecule has 1 rings (SSSR count). The average Bonchev–Trinajstić information content (AvgIpc) is 2.26. The van der Waals surface area contributed by atoms with Crippen LogP contribution in [0.5, 0.6) is 0 Å². The number of hydrogen-bond acceptors (Lipinski definition) is 3. The molecule has 1 aliphatic rings. The maximum Gasteiger partial charge on any atom is 0.163 e. The molecule has 1 heterocycles. The maximum absolute atomic E-state index is 5.62. The van der Waals surface area contributed by atoms with E-state index in [1.54, 1.807) is 0 Å². The molecule has 11 heavy (non-hydrogen) atoms. The lowest BCUT2D eigenvalue weighted by Gasteiger charge is -2.16. The topological polar surface area (TPSA) is 18.5 Å². The summed E-state index contributed by atoms with van der Waals surface area (Å²) in [5, 5.41) is 0. The van der Waals surface area contributed by atoms with Crippen LogP contribution in [0.25, 0.3) is 0 Å². The molecule has 0 aliphatic carbocycles. The van der Waals surface area contributed by atoms with Crippen LogP contribution in [0.1, 0.15) is 20.3 Å². The molecule has 1 saturated heterocycles. The van der Waals surface area contributed by atoms with Gasteiger partial charge in [0.15, 0.2) is 5.79 Å². The third kappa shape index (κ3) is 3.01. The molecule has 3 heteroatoms. The lowest BCUT2D eigenvalue weighted by Crippen LogP contribution is -2.21. The van der Waals surface area contributed by atoms with Gasteiger partial charge in [-0.25, -0.2) is 0 Å². The number of thioether (sulfide) groups is 1. The summed E-state index contributed by atoms with van der Waals surface area (Å²) in [6.45, 7) is 4.69. The minimum Gasteiger partial charge on any atom is -0.348 e. The zero-order valence-electron chi connectivity index (χ0n) is 7.42. The van der Waals surface area contributed by atoms with Gasteiger partial charge in [0.05, 0.1) is 12.7 Å². The highest BCUT2D eigenvalue weighted by atomic mass is 32.2. The maximum atomic E-state index is 5.62. The highest BCUT2D eigenvalue weighted by molar-refractivity contribution is 7.98. The average molecular weight is 176 g/mol. The van der Waals surface area contributed by atoms with E-state index in [0.29, 0.717) is 6.10 Å². The summed E-state index contributed by atoms with van der Waals surface area (Å²) in [5.74, 6) is 0.813. The van der Waals surface area contributed by atoms with Gasteiger partial charge in [0.1, 0.15) is 0 Å². The molecule has 0 unspecified atom stereocenters. The van der Waals surface area contributed by atoms with Crippen molar-refractivity contribution in [3.8, 4) is 0 Å². The predicted octanol–water partition coefficient (Wildman–Crippen LogP) is 1.89. The second-order valence-corrected chi connectivity index (χ2v) is 4.22. The molecule has 0 aromatic carbocycles. The molecule has 0 radical (unpaired) electrons. The molecule has 0 bridgehead atoms. The standard InChI is InChI=1S/C8H16O2S/c1-8(2)9-6-7(10-8)4-5-11-3/h7H,4-6H2,1-3H3/t7-/m1/s1. The highest BCUT2D eigenvalue weighted by Gasteiger charge is 2.31. The molecule has 0 amide bonds. The smallest absolute Gasteiger partial charge is 0.163 e. The van der Waals surface area contributed by atoms with E-state index in [2.05, 4.69) is 6.26 Å².